The summed E-state index contributed by atoms with van der Waals surface area (Å²) in [4.78, 5) is 0. The highest BCUT2D eigenvalue weighted by Gasteiger charge is 2.08. The number of rotatable bonds is 2. The molecule has 0 fully saturated rings. The summed E-state index contributed by atoms with van der Waals surface area (Å²) in [6.45, 7) is 0.266. The topological polar surface area (TPSA) is 26.0 Å². The molecule has 0 radical (unpaired) electrons. The Hall–Kier alpha value is -0.380. The number of nitrogens with two attached hydrogens (primary N) is 1. The Morgan fingerprint density at radius 2 is 2.00 bits per heavy atom. The maximum absolute atomic E-state index is 12.1. The van der Waals surface area contributed by atoms with Crippen molar-refractivity contribution in [2.24, 2.45) is 5.73 Å². The third-order valence-electron chi connectivity index (χ3n) is 1.55. The molecule has 1 aromatic carbocycles. The smallest absolute Gasteiger partial charge is 0.263 e. The van der Waals surface area contributed by atoms with E-state index in [0.29, 0.717) is 10.6 Å². The molecule has 0 spiro atoms. The number of hydrogen-bond acceptors (Lipinski definition) is 1. The maximum Gasteiger partial charge on any atom is 0.263 e. The molecule has 1 aromatic rings. The van der Waals surface area contributed by atoms with Crippen LogP contribution in [0, 0.1) is 0 Å². The molecule has 0 amide bonds. The molecule has 0 aliphatic heterocycles. The molecule has 1 rings (SSSR count). The van der Waals surface area contributed by atoms with E-state index in [2.05, 4.69) is 0 Å². The van der Waals surface area contributed by atoms with Gasteiger partial charge in [0.15, 0.2) is 0 Å². The molecule has 0 aliphatic rings. The predicted molar refractivity (Wildman–Crippen MR) is 51.5 cm³/mol. The molecule has 0 atom stereocenters. The summed E-state index contributed by atoms with van der Waals surface area (Å²) in [6, 6.07) is 4.09. The Morgan fingerprint density at radius 3 is 2.38 bits per heavy atom. The van der Waals surface area contributed by atoms with E-state index in [4.69, 9.17) is 17.3 Å². The van der Waals surface area contributed by atoms with Gasteiger partial charge in [0.05, 0.1) is 0 Å². The lowest BCUT2D eigenvalue weighted by atomic mass is 10.1. The van der Waals surface area contributed by atoms with Gasteiger partial charge in [-0.25, -0.2) is 8.78 Å². The van der Waals surface area contributed by atoms with Crippen molar-refractivity contribution >= 4 is 24.0 Å². The zero-order valence-electron chi connectivity index (χ0n) is 6.64. The largest absolute Gasteiger partial charge is 0.326 e. The first-order valence-corrected chi connectivity index (χ1v) is 3.79. The Kier molecular flexibility index (Phi) is 5.21. The van der Waals surface area contributed by atoms with Crippen molar-refractivity contribution in [2.45, 2.75) is 13.0 Å². The van der Waals surface area contributed by atoms with E-state index < -0.39 is 6.43 Å². The molecule has 0 saturated carbocycles. The molecule has 13 heavy (non-hydrogen) atoms. The minimum atomic E-state index is -2.48. The van der Waals surface area contributed by atoms with E-state index >= 15 is 0 Å². The second-order valence-electron chi connectivity index (χ2n) is 2.36. The van der Waals surface area contributed by atoms with Crippen LogP contribution in [0.2, 0.25) is 5.02 Å². The Labute approximate surface area is 86.3 Å². The first-order valence-electron chi connectivity index (χ1n) is 3.41. The number of alkyl halides is 2. The highest BCUT2D eigenvalue weighted by Crippen LogP contribution is 2.24. The van der Waals surface area contributed by atoms with E-state index in [0.717, 1.165) is 0 Å². The highest BCUT2D eigenvalue weighted by molar-refractivity contribution is 6.31. The highest BCUT2D eigenvalue weighted by atomic mass is 35.5. The molecule has 1 nitrogen and oxygen atoms in total. The van der Waals surface area contributed by atoms with Crippen molar-refractivity contribution in [3.63, 3.8) is 0 Å². The third kappa shape index (κ3) is 3.10. The third-order valence-corrected chi connectivity index (χ3v) is 1.90. The van der Waals surface area contributed by atoms with Crippen molar-refractivity contribution in [3.8, 4) is 0 Å². The first kappa shape index (κ1) is 12.6. The molecule has 0 bridgehead atoms. The van der Waals surface area contributed by atoms with Gasteiger partial charge in [-0.15, -0.1) is 12.4 Å². The molecular formula is C8H9Cl2F2N. The van der Waals surface area contributed by atoms with E-state index in [1.165, 1.54) is 18.2 Å². The van der Waals surface area contributed by atoms with Crippen molar-refractivity contribution in [1.82, 2.24) is 0 Å². The SMILES string of the molecule is Cl.NCc1ccc(C(F)F)cc1Cl. The van der Waals surface area contributed by atoms with Gasteiger partial charge >= 0.3 is 0 Å². The van der Waals surface area contributed by atoms with Crippen LogP contribution in [0.4, 0.5) is 8.78 Å². The molecule has 2 N–H and O–H groups in total. The summed E-state index contributed by atoms with van der Waals surface area (Å²) < 4.78 is 24.2. The van der Waals surface area contributed by atoms with Crippen LogP contribution >= 0.6 is 24.0 Å². The van der Waals surface area contributed by atoms with Crippen LogP contribution in [0.5, 0.6) is 0 Å². The average molecular weight is 228 g/mol. The van der Waals surface area contributed by atoms with Gasteiger partial charge in [0.25, 0.3) is 6.43 Å². The Balaban J connectivity index is 0.00000144. The van der Waals surface area contributed by atoms with E-state index in [1.807, 2.05) is 0 Å². The molecule has 0 saturated heterocycles. The molecule has 5 heteroatoms. The minimum absolute atomic E-state index is 0. The molecular weight excluding hydrogens is 219 g/mol. The van der Waals surface area contributed by atoms with Crippen LogP contribution in [-0.4, -0.2) is 0 Å². The summed E-state index contributed by atoms with van der Waals surface area (Å²) in [5.74, 6) is 0. The van der Waals surface area contributed by atoms with Gasteiger partial charge in [0, 0.05) is 17.1 Å². The predicted octanol–water partition coefficient (Wildman–Crippen LogP) is 3.16. The number of benzene rings is 1. The fourth-order valence-electron chi connectivity index (χ4n) is 0.865. The van der Waals surface area contributed by atoms with Gasteiger partial charge in [-0.3, -0.25) is 0 Å². The Bertz CT molecular complexity index is 279. The van der Waals surface area contributed by atoms with Crippen molar-refractivity contribution in [1.29, 1.82) is 0 Å². The van der Waals surface area contributed by atoms with Crippen molar-refractivity contribution in [3.05, 3.63) is 34.3 Å². The average Bonchev–Trinajstić information content (AvgIpc) is 2.04. The van der Waals surface area contributed by atoms with Crippen LogP contribution < -0.4 is 5.73 Å². The van der Waals surface area contributed by atoms with Crippen LogP contribution in [0.3, 0.4) is 0 Å². The maximum atomic E-state index is 12.1. The van der Waals surface area contributed by atoms with Gasteiger partial charge in [-0.1, -0.05) is 23.7 Å². The lowest BCUT2D eigenvalue weighted by Crippen LogP contribution is -1.97. The molecule has 0 aromatic heterocycles. The van der Waals surface area contributed by atoms with Crippen molar-refractivity contribution < 1.29 is 8.78 Å². The van der Waals surface area contributed by atoms with Crippen LogP contribution in [0.1, 0.15) is 17.6 Å². The van der Waals surface area contributed by atoms with Gasteiger partial charge in [0.1, 0.15) is 0 Å². The van der Waals surface area contributed by atoms with Gasteiger partial charge in [-0.05, 0) is 11.6 Å². The molecule has 0 heterocycles. The quantitative estimate of drug-likeness (QED) is 0.826. The number of hydrogen-bond donors (Lipinski definition) is 1. The van der Waals surface area contributed by atoms with Crippen LogP contribution in [-0.2, 0) is 6.54 Å². The molecule has 0 unspecified atom stereocenters. The molecule has 0 aliphatic carbocycles. The fourth-order valence-corrected chi connectivity index (χ4v) is 1.13. The van der Waals surface area contributed by atoms with Gasteiger partial charge < -0.3 is 5.73 Å². The monoisotopic (exact) mass is 227 g/mol. The zero-order valence-corrected chi connectivity index (χ0v) is 8.21. The minimum Gasteiger partial charge on any atom is -0.326 e. The summed E-state index contributed by atoms with van der Waals surface area (Å²) in [7, 11) is 0. The fraction of sp³-hybridized carbons (Fsp3) is 0.250. The normalized spacial score (nSPS) is 9.92. The summed E-state index contributed by atoms with van der Waals surface area (Å²) in [5.41, 5.74) is 5.91. The summed E-state index contributed by atoms with van der Waals surface area (Å²) in [6.07, 6.45) is -2.48. The van der Waals surface area contributed by atoms with Crippen LogP contribution in [0.25, 0.3) is 0 Å². The van der Waals surface area contributed by atoms with Gasteiger partial charge in [0.2, 0.25) is 0 Å². The summed E-state index contributed by atoms with van der Waals surface area (Å²) in [5, 5.41) is 0.301. The van der Waals surface area contributed by atoms with Gasteiger partial charge in [-0.2, -0.15) is 0 Å². The van der Waals surface area contributed by atoms with Crippen LogP contribution in [0.15, 0.2) is 18.2 Å². The summed E-state index contributed by atoms with van der Waals surface area (Å²) >= 11 is 5.66. The van der Waals surface area contributed by atoms with Crippen molar-refractivity contribution in [2.75, 3.05) is 0 Å². The lowest BCUT2D eigenvalue weighted by molar-refractivity contribution is 0.151. The standard InChI is InChI=1S/C8H8ClF2N.ClH/c9-7-3-5(8(10)11)1-2-6(7)4-12;/h1-3,8H,4,12H2;1H. The second kappa shape index (κ2) is 5.37. The van der Waals surface area contributed by atoms with E-state index in [-0.39, 0.29) is 24.5 Å². The Morgan fingerprint density at radius 1 is 1.38 bits per heavy atom. The van der Waals surface area contributed by atoms with E-state index in [9.17, 15) is 8.78 Å². The van der Waals surface area contributed by atoms with E-state index in [1.54, 1.807) is 0 Å². The number of halogens is 4. The zero-order chi connectivity index (χ0) is 9.14. The first-order chi connectivity index (χ1) is 5.65. The lowest BCUT2D eigenvalue weighted by Gasteiger charge is -2.03. The second-order valence-corrected chi connectivity index (χ2v) is 2.76. The molecule has 74 valence electrons.